The molecule has 1 amide bonds. The summed E-state index contributed by atoms with van der Waals surface area (Å²) in [5, 5.41) is 2.63. The fourth-order valence-electron chi connectivity index (χ4n) is 1.71. The van der Waals surface area contributed by atoms with Crippen molar-refractivity contribution in [3.63, 3.8) is 0 Å². The van der Waals surface area contributed by atoms with Crippen LogP contribution in [-0.2, 0) is 11.3 Å². The van der Waals surface area contributed by atoms with Crippen LogP contribution in [0.5, 0.6) is 0 Å². The van der Waals surface area contributed by atoms with E-state index in [9.17, 15) is 14.0 Å². The highest BCUT2D eigenvalue weighted by atomic mass is 79.9. The SMILES string of the molecule is O=C(/C=C/C(=O)c1ccc(Br)cc1)NCc1ccc(F)cc1. The highest BCUT2D eigenvalue weighted by molar-refractivity contribution is 9.10. The zero-order valence-corrected chi connectivity index (χ0v) is 13.1. The van der Waals surface area contributed by atoms with Gasteiger partial charge < -0.3 is 5.32 Å². The smallest absolute Gasteiger partial charge is 0.244 e. The minimum atomic E-state index is -0.380. The molecule has 3 nitrogen and oxygen atoms in total. The molecule has 0 aliphatic rings. The van der Waals surface area contributed by atoms with E-state index in [-0.39, 0.29) is 24.1 Å². The maximum absolute atomic E-state index is 12.7. The van der Waals surface area contributed by atoms with Crippen LogP contribution in [0.4, 0.5) is 4.39 Å². The van der Waals surface area contributed by atoms with Crippen LogP contribution in [0, 0.1) is 5.82 Å². The maximum Gasteiger partial charge on any atom is 0.244 e. The van der Waals surface area contributed by atoms with E-state index in [1.807, 2.05) is 0 Å². The summed E-state index contributed by atoms with van der Waals surface area (Å²) in [6.45, 7) is 0.274. The highest BCUT2D eigenvalue weighted by Gasteiger charge is 2.03. The molecule has 22 heavy (non-hydrogen) atoms. The van der Waals surface area contributed by atoms with Gasteiger partial charge in [0.2, 0.25) is 5.91 Å². The Labute approximate surface area is 136 Å². The minimum Gasteiger partial charge on any atom is -0.348 e. The van der Waals surface area contributed by atoms with E-state index in [0.29, 0.717) is 5.56 Å². The van der Waals surface area contributed by atoms with Gasteiger partial charge in [-0.15, -0.1) is 0 Å². The average molecular weight is 362 g/mol. The summed E-state index contributed by atoms with van der Waals surface area (Å²) in [6, 6.07) is 12.7. The van der Waals surface area contributed by atoms with Crippen LogP contribution in [0.25, 0.3) is 0 Å². The van der Waals surface area contributed by atoms with Crippen LogP contribution < -0.4 is 5.32 Å². The maximum atomic E-state index is 12.7. The number of carbonyl (C=O) groups is 2. The van der Waals surface area contributed by atoms with Crippen molar-refractivity contribution in [1.82, 2.24) is 5.32 Å². The van der Waals surface area contributed by atoms with Crippen molar-refractivity contribution in [3.05, 3.63) is 82.1 Å². The second-order valence-electron chi connectivity index (χ2n) is 4.55. The molecule has 0 saturated heterocycles. The Balaban J connectivity index is 1.87. The van der Waals surface area contributed by atoms with Crippen LogP contribution in [0.15, 0.2) is 65.2 Å². The van der Waals surface area contributed by atoms with E-state index in [2.05, 4.69) is 21.2 Å². The topological polar surface area (TPSA) is 46.2 Å². The molecule has 5 heteroatoms. The zero-order chi connectivity index (χ0) is 15.9. The van der Waals surface area contributed by atoms with Crippen LogP contribution in [0.3, 0.4) is 0 Å². The third-order valence-electron chi connectivity index (χ3n) is 2.89. The molecule has 1 N–H and O–H groups in total. The lowest BCUT2D eigenvalue weighted by atomic mass is 10.1. The number of benzene rings is 2. The number of hydrogen-bond acceptors (Lipinski definition) is 2. The fraction of sp³-hybridized carbons (Fsp3) is 0.0588. The molecule has 0 bridgehead atoms. The predicted octanol–water partition coefficient (Wildman–Crippen LogP) is 3.64. The lowest BCUT2D eigenvalue weighted by Gasteiger charge is -2.02. The van der Waals surface area contributed by atoms with Gasteiger partial charge in [-0.05, 0) is 48.0 Å². The monoisotopic (exact) mass is 361 g/mol. The number of nitrogens with one attached hydrogen (secondary N) is 1. The first-order valence-electron chi connectivity index (χ1n) is 6.55. The molecule has 2 aromatic carbocycles. The summed E-state index contributed by atoms with van der Waals surface area (Å²) < 4.78 is 13.6. The molecule has 0 unspecified atom stereocenters. The van der Waals surface area contributed by atoms with Gasteiger partial charge in [0.15, 0.2) is 5.78 Å². The van der Waals surface area contributed by atoms with E-state index in [1.54, 1.807) is 36.4 Å². The lowest BCUT2D eigenvalue weighted by Crippen LogP contribution is -2.20. The number of rotatable bonds is 5. The third-order valence-corrected chi connectivity index (χ3v) is 3.42. The van der Waals surface area contributed by atoms with Crippen molar-refractivity contribution in [3.8, 4) is 0 Å². The molecule has 0 spiro atoms. The van der Waals surface area contributed by atoms with E-state index in [0.717, 1.165) is 10.0 Å². The molecular weight excluding hydrogens is 349 g/mol. The minimum absolute atomic E-state index is 0.246. The van der Waals surface area contributed by atoms with Gasteiger partial charge in [-0.3, -0.25) is 9.59 Å². The van der Waals surface area contributed by atoms with Crippen molar-refractivity contribution in [2.45, 2.75) is 6.54 Å². The second-order valence-corrected chi connectivity index (χ2v) is 5.46. The first-order chi connectivity index (χ1) is 10.5. The molecule has 0 saturated carbocycles. The van der Waals surface area contributed by atoms with E-state index < -0.39 is 0 Å². The third kappa shape index (κ3) is 4.93. The van der Waals surface area contributed by atoms with Gasteiger partial charge in [0, 0.05) is 22.7 Å². The zero-order valence-electron chi connectivity index (χ0n) is 11.6. The number of carbonyl (C=O) groups excluding carboxylic acids is 2. The van der Waals surface area contributed by atoms with Gasteiger partial charge >= 0.3 is 0 Å². The molecule has 2 rings (SSSR count). The summed E-state index contributed by atoms with van der Waals surface area (Å²) in [6.07, 6.45) is 2.41. The average Bonchev–Trinajstić information content (AvgIpc) is 2.52. The number of ketones is 1. The van der Waals surface area contributed by atoms with Crippen molar-refractivity contribution in [2.24, 2.45) is 0 Å². The standard InChI is InChI=1S/C17H13BrFNO2/c18-14-5-3-13(4-6-14)16(21)9-10-17(22)20-11-12-1-7-15(19)8-2-12/h1-10H,11H2,(H,20,22)/b10-9+. The van der Waals surface area contributed by atoms with Gasteiger partial charge in [0.05, 0.1) is 0 Å². The van der Waals surface area contributed by atoms with Crippen molar-refractivity contribution >= 4 is 27.6 Å². The summed E-state index contributed by atoms with van der Waals surface area (Å²) >= 11 is 3.29. The molecule has 112 valence electrons. The Morgan fingerprint density at radius 3 is 2.27 bits per heavy atom. The van der Waals surface area contributed by atoms with Crippen molar-refractivity contribution < 1.29 is 14.0 Å². The highest BCUT2D eigenvalue weighted by Crippen LogP contribution is 2.11. The van der Waals surface area contributed by atoms with Crippen LogP contribution in [-0.4, -0.2) is 11.7 Å². The summed E-state index contributed by atoms with van der Waals surface area (Å²) in [4.78, 5) is 23.5. The number of allylic oxidation sites excluding steroid dienone is 1. The Morgan fingerprint density at radius 2 is 1.64 bits per heavy atom. The van der Waals surface area contributed by atoms with E-state index in [1.165, 1.54) is 24.3 Å². The molecule has 0 radical (unpaired) electrons. The number of halogens is 2. The summed E-state index contributed by atoms with van der Waals surface area (Å²) in [5.74, 6) is -0.950. The molecular formula is C17H13BrFNO2. The summed E-state index contributed by atoms with van der Waals surface area (Å²) in [5.41, 5.74) is 1.29. The van der Waals surface area contributed by atoms with Gasteiger partial charge in [-0.25, -0.2) is 4.39 Å². The Hall–Kier alpha value is -2.27. The van der Waals surface area contributed by atoms with Crippen LogP contribution in [0.1, 0.15) is 15.9 Å². The number of hydrogen-bond donors (Lipinski definition) is 1. The second kappa shape index (κ2) is 7.66. The molecule has 0 aliphatic heterocycles. The molecule has 0 aliphatic carbocycles. The van der Waals surface area contributed by atoms with E-state index >= 15 is 0 Å². The van der Waals surface area contributed by atoms with E-state index in [4.69, 9.17) is 0 Å². The molecule has 0 atom stereocenters. The normalized spacial score (nSPS) is 10.6. The van der Waals surface area contributed by atoms with Gasteiger partial charge in [-0.2, -0.15) is 0 Å². The molecule has 2 aromatic rings. The Morgan fingerprint density at radius 1 is 1.00 bits per heavy atom. The van der Waals surface area contributed by atoms with Crippen molar-refractivity contribution in [2.75, 3.05) is 0 Å². The molecule has 0 fully saturated rings. The van der Waals surface area contributed by atoms with Crippen LogP contribution >= 0.6 is 15.9 Å². The van der Waals surface area contributed by atoms with Crippen LogP contribution in [0.2, 0.25) is 0 Å². The van der Waals surface area contributed by atoms with Crippen molar-refractivity contribution in [1.29, 1.82) is 0 Å². The molecule has 0 aromatic heterocycles. The van der Waals surface area contributed by atoms with Gasteiger partial charge in [0.25, 0.3) is 0 Å². The first kappa shape index (κ1) is 16.1. The molecule has 0 heterocycles. The lowest BCUT2D eigenvalue weighted by molar-refractivity contribution is -0.116. The summed E-state index contributed by atoms with van der Waals surface area (Å²) in [7, 11) is 0. The first-order valence-corrected chi connectivity index (χ1v) is 7.34. The quantitative estimate of drug-likeness (QED) is 0.652. The Bertz CT molecular complexity index is 694. The number of amides is 1. The van der Waals surface area contributed by atoms with Gasteiger partial charge in [0.1, 0.15) is 5.82 Å². The predicted molar refractivity (Wildman–Crippen MR) is 85.9 cm³/mol. The fourth-order valence-corrected chi connectivity index (χ4v) is 1.98. The largest absolute Gasteiger partial charge is 0.348 e. The Kier molecular flexibility index (Phi) is 5.61. The van der Waals surface area contributed by atoms with Gasteiger partial charge in [-0.1, -0.05) is 28.1 Å².